The molecule has 7 nitrogen and oxygen atoms in total. The maximum absolute atomic E-state index is 12.8. The second kappa shape index (κ2) is 7.53. The predicted molar refractivity (Wildman–Crippen MR) is 96.8 cm³/mol. The number of aromatic nitrogens is 3. The summed E-state index contributed by atoms with van der Waals surface area (Å²) < 4.78 is 43.5. The maximum Gasteiger partial charge on any atom is 0.416 e. The van der Waals surface area contributed by atoms with Gasteiger partial charge in [0.1, 0.15) is 0 Å². The first-order valence-corrected chi connectivity index (χ1v) is 8.84. The number of urea groups is 1. The van der Waals surface area contributed by atoms with E-state index in [1.54, 1.807) is 18.5 Å². The maximum atomic E-state index is 12.8. The first-order valence-electron chi connectivity index (χ1n) is 8.84. The van der Waals surface area contributed by atoms with E-state index in [4.69, 9.17) is 4.52 Å². The summed E-state index contributed by atoms with van der Waals surface area (Å²) in [6.07, 6.45) is -0.655. The fourth-order valence-corrected chi connectivity index (χ4v) is 3.04. The Morgan fingerprint density at radius 2 is 2.07 bits per heavy atom. The zero-order valence-electron chi connectivity index (χ0n) is 15.1. The highest BCUT2D eigenvalue weighted by Crippen LogP contribution is 2.31. The molecule has 1 aliphatic heterocycles. The van der Waals surface area contributed by atoms with Gasteiger partial charge in [-0.15, -0.1) is 0 Å². The fourth-order valence-electron chi connectivity index (χ4n) is 3.04. The van der Waals surface area contributed by atoms with E-state index in [9.17, 15) is 18.0 Å². The molecule has 150 valence electrons. The summed E-state index contributed by atoms with van der Waals surface area (Å²) in [7, 11) is 0. The number of anilines is 1. The number of alkyl halides is 3. The highest BCUT2D eigenvalue weighted by Gasteiger charge is 2.33. The average molecular weight is 403 g/mol. The van der Waals surface area contributed by atoms with E-state index in [0.717, 1.165) is 17.7 Å². The van der Waals surface area contributed by atoms with Gasteiger partial charge in [0.15, 0.2) is 0 Å². The lowest BCUT2D eigenvalue weighted by Gasteiger charge is -2.38. The molecule has 1 saturated heterocycles. The number of carbonyl (C=O) groups excluding carboxylic acids is 1. The molecule has 4 rings (SSSR count). The van der Waals surface area contributed by atoms with E-state index in [1.165, 1.54) is 17.0 Å². The van der Waals surface area contributed by atoms with Crippen LogP contribution in [0.15, 0.2) is 53.3 Å². The van der Waals surface area contributed by atoms with Crippen LogP contribution in [0.2, 0.25) is 0 Å². The minimum atomic E-state index is -4.46. The van der Waals surface area contributed by atoms with Crippen LogP contribution in [0.1, 0.15) is 11.5 Å². The SMILES string of the molecule is O=C(Nc1cccc(C(F)(F)F)c1)N1CC(Cc2nc(-c3cccnc3)no2)C1. The van der Waals surface area contributed by atoms with Gasteiger partial charge >= 0.3 is 12.2 Å². The lowest BCUT2D eigenvalue weighted by Crippen LogP contribution is -2.52. The highest BCUT2D eigenvalue weighted by atomic mass is 19.4. The zero-order valence-corrected chi connectivity index (χ0v) is 15.1. The lowest BCUT2D eigenvalue weighted by molar-refractivity contribution is -0.137. The quantitative estimate of drug-likeness (QED) is 0.715. The van der Waals surface area contributed by atoms with Crippen molar-refractivity contribution < 1.29 is 22.5 Å². The molecule has 0 radical (unpaired) electrons. The lowest BCUT2D eigenvalue weighted by atomic mass is 9.97. The Morgan fingerprint density at radius 1 is 1.24 bits per heavy atom. The third kappa shape index (κ3) is 4.36. The Morgan fingerprint density at radius 3 is 2.79 bits per heavy atom. The van der Waals surface area contributed by atoms with Crippen molar-refractivity contribution in [3.63, 3.8) is 0 Å². The van der Waals surface area contributed by atoms with E-state index in [-0.39, 0.29) is 11.6 Å². The molecule has 0 unspecified atom stereocenters. The molecule has 29 heavy (non-hydrogen) atoms. The molecule has 0 saturated carbocycles. The standard InChI is InChI=1S/C19H16F3N5O2/c20-19(21,22)14-4-1-5-15(8-14)24-18(28)27-10-12(11-27)7-16-25-17(26-29-16)13-3-2-6-23-9-13/h1-6,8-9,12H,7,10-11H2,(H,24,28). The van der Waals surface area contributed by atoms with E-state index in [0.29, 0.717) is 31.2 Å². The molecule has 3 aromatic rings. The van der Waals surface area contributed by atoms with Crippen molar-refractivity contribution in [3.05, 3.63) is 60.2 Å². The number of hydrogen-bond acceptors (Lipinski definition) is 5. The molecule has 0 spiro atoms. The van der Waals surface area contributed by atoms with Crippen molar-refractivity contribution in [2.24, 2.45) is 5.92 Å². The molecular weight excluding hydrogens is 387 g/mol. The van der Waals surface area contributed by atoms with Crippen LogP contribution in [-0.2, 0) is 12.6 Å². The van der Waals surface area contributed by atoms with Gasteiger partial charge in [0.2, 0.25) is 11.7 Å². The number of rotatable bonds is 4. The second-order valence-electron chi connectivity index (χ2n) is 6.74. The van der Waals surface area contributed by atoms with Crippen LogP contribution >= 0.6 is 0 Å². The Bertz CT molecular complexity index is 1000. The van der Waals surface area contributed by atoms with Gasteiger partial charge in [-0.2, -0.15) is 18.2 Å². The monoisotopic (exact) mass is 403 g/mol. The molecule has 0 atom stereocenters. The molecule has 1 aliphatic rings. The average Bonchev–Trinajstić information content (AvgIpc) is 3.13. The third-order valence-corrected chi connectivity index (χ3v) is 4.54. The molecule has 2 amide bonds. The van der Waals surface area contributed by atoms with Crippen LogP contribution in [0.5, 0.6) is 0 Å². The van der Waals surface area contributed by atoms with Crippen molar-refractivity contribution in [1.29, 1.82) is 0 Å². The molecular formula is C19H16F3N5O2. The minimum absolute atomic E-state index is 0.103. The summed E-state index contributed by atoms with van der Waals surface area (Å²) in [5.74, 6) is 1.06. The van der Waals surface area contributed by atoms with Crippen molar-refractivity contribution in [2.45, 2.75) is 12.6 Å². The first kappa shape index (κ1) is 18.9. The van der Waals surface area contributed by atoms with E-state index in [1.807, 2.05) is 6.07 Å². The highest BCUT2D eigenvalue weighted by molar-refractivity contribution is 5.89. The summed E-state index contributed by atoms with van der Waals surface area (Å²) in [6, 6.07) is 7.70. The second-order valence-corrected chi connectivity index (χ2v) is 6.74. The van der Waals surface area contributed by atoms with Crippen molar-refractivity contribution >= 4 is 11.7 Å². The van der Waals surface area contributed by atoms with Crippen LogP contribution < -0.4 is 5.32 Å². The molecule has 1 fully saturated rings. The first-order chi connectivity index (χ1) is 13.9. The van der Waals surface area contributed by atoms with Crippen LogP contribution in [-0.4, -0.2) is 39.1 Å². The molecule has 0 bridgehead atoms. The summed E-state index contributed by atoms with van der Waals surface area (Å²) >= 11 is 0. The van der Waals surface area contributed by atoms with E-state index >= 15 is 0 Å². The van der Waals surface area contributed by atoms with Gasteiger partial charge in [-0.3, -0.25) is 4.98 Å². The summed E-state index contributed by atoms with van der Waals surface area (Å²) in [4.78, 5) is 22.1. The fraction of sp³-hybridized carbons (Fsp3) is 0.263. The number of hydrogen-bond donors (Lipinski definition) is 1. The number of carbonyl (C=O) groups is 1. The van der Waals surface area contributed by atoms with Gasteiger partial charge in [-0.25, -0.2) is 4.79 Å². The number of nitrogens with zero attached hydrogens (tertiary/aromatic N) is 4. The number of nitrogens with one attached hydrogen (secondary N) is 1. The van der Waals surface area contributed by atoms with E-state index in [2.05, 4.69) is 20.4 Å². The molecule has 0 aliphatic carbocycles. The molecule has 10 heteroatoms. The zero-order chi connectivity index (χ0) is 20.4. The van der Waals surface area contributed by atoms with Gasteiger partial charge < -0.3 is 14.7 Å². The normalized spacial score (nSPS) is 14.5. The van der Waals surface area contributed by atoms with Gasteiger partial charge in [-0.05, 0) is 30.3 Å². The van der Waals surface area contributed by atoms with Crippen molar-refractivity contribution in [3.8, 4) is 11.4 Å². The summed E-state index contributed by atoms with van der Waals surface area (Å²) in [6.45, 7) is 0.908. The number of likely N-dealkylation sites (tertiary alicyclic amines) is 1. The summed E-state index contributed by atoms with van der Waals surface area (Å²) in [5.41, 5.74) is 0.0436. The Hall–Kier alpha value is -3.43. The number of benzene rings is 1. The number of pyridine rings is 1. The molecule has 1 N–H and O–H groups in total. The van der Waals surface area contributed by atoms with Crippen LogP contribution in [0.3, 0.4) is 0 Å². The Balaban J connectivity index is 1.29. The summed E-state index contributed by atoms with van der Waals surface area (Å²) in [5, 5.41) is 6.42. The van der Waals surface area contributed by atoms with Gasteiger partial charge in [0, 0.05) is 49.1 Å². The predicted octanol–water partition coefficient (Wildman–Crippen LogP) is 3.86. The van der Waals surface area contributed by atoms with Gasteiger partial charge in [0.05, 0.1) is 5.56 Å². The van der Waals surface area contributed by atoms with Crippen LogP contribution in [0, 0.1) is 5.92 Å². The van der Waals surface area contributed by atoms with Crippen LogP contribution in [0.4, 0.5) is 23.7 Å². The van der Waals surface area contributed by atoms with Crippen molar-refractivity contribution in [2.75, 3.05) is 18.4 Å². The topological polar surface area (TPSA) is 84.2 Å². The van der Waals surface area contributed by atoms with Gasteiger partial charge in [-0.1, -0.05) is 11.2 Å². The number of halogens is 3. The third-order valence-electron chi connectivity index (χ3n) is 4.54. The van der Waals surface area contributed by atoms with Gasteiger partial charge in [0.25, 0.3) is 0 Å². The Kier molecular flexibility index (Phi) is 4.91. The minimum Gasteiger partial charge on any atom is -0.339 e. The van der Waals surface area contributed by atoms with Crippen molar-refractivity contribution in [1.82, 2.24) is 20.0 Å². The number of amides is 2. The largest absolute Gasteiger partial charge is 0.416 e. The van der Waals surface area contributed by atoms with E-state index < -0.39 is 17.8 Å². The molecule has 2 aromatic heterocycles. The smallest absolute Gasteiger partial charge is 0.339 e. The molecule has 1 aromatic carbocycles. The Labute approximate surface area is 163 Å². The van der Waals surface area contributed by atoms with Crippen LogP contribution in [0.25, 0.3) is 11.4 Å². The molecule has 3 heterocycles.